The zero-order chi connectivity index (χ0) is 35.1. The smallest absolute Gasteiger partial charge is 0.411 e. The fraction of sp³-hybridized carbons (Fsp3) is 0.333. The van der Waals surface area contributed by atoms with Crippen molar-refractivity contribution in [3.8, 4) is 5.75 Å². The van der Waals surface area contributed by atoms with Crippen LogP contribution in [0.25, 0.3) is 0 Å². The molecule has 1 aliphatic heterocycles. The Morgan fingerprint density at radius 2 is 1.41 bits per heavy atom. The first-order valence-electron chi connectivity index (χ1n) is 16.3. The second kappa shape index (κ2) is 15.6. The van der Waals surface area contributed by atoms with Crippen LogP contribution in [0.15, 0.2) is 103 Å². The Morgan fingerprint density at radius 3 is 1.92 bits per heavy atom. The Balaban J connectivity index is 1.61. The SMILES string of the molecule is COc1ccc(N2CCN(C(=O)OC(C)(C)C)[C@@H](C(O)C(Cc3cc(F)cc(F)c3)N(Cc3ccccc3)Cc3ccccc3)C2=O)cc1. The molecular weight excluding hydrogens is 628 g/mol. The van der Waals surface area contributed by atoms with E-state index in [0.717, 1.165) is 17.2 Å². The highest BCUT2D eigenvalue weighted by molar-refractivity contribution is 6.00. The van der Waals surface area contributed by atoms with Crippen molar-refractivity contribution in [2.45, 2.75) is 64.1 Å². The molecule has 2 unspecified atom stereocenters. The molecule has 49 heavy (non-hydrogen) atoms. The molecule has 0 aliphatic carbocycles. The first-order chi connectivity index (χ1) is 23.4. The van der Waals surface area contributed by atoms with E-state index in [-0.39, 0.29) is 19.5 Å². The number of hydrogen-bond donors (Lipinski definition) is 1. The highest BCUT2D eigenvalue weighted by Gasteiger charge is 2.47. The lowest BCUT2D eigenvalue weighted by Crippen LogP contribution is -2.67. The number of amides is 2. The van der Waals surface area contributed by atoms with Gasteiger partial charge in [0.05, 0.1) is 13.2 Å². The Bertz CT molecular complexity index is 1640. The maximum Gasteiger partial charge on any atom is 0.411 e. The molecule has 1 aliphatic rings. The van der Waals surface area contributed by atoms with E-state index >= 15 is 0 Å². The molecule has 5 rings (SSSR count). The van der Waals surface area contributed by atoms with Crippen LogP contribution in [-0.2, 0) is 29.0 Å². The lowest BCUT2D eigenvalue weighted by atomic mass is 9.91. The molecule has 1 fully saturated rings. The fourth-order valence-corrected chi connectivity index (χ4v) is 6.20. The van der Waals surface area contributed by atoms with E-state index in [1.807, 2.05) is 65.6 Å². The van der Waals surface area contributed by atoms with Crippen LogP contribution < -0.4 is 9.64 Å². The Kier molecular flexibility index (Phi) is 11.3. The lowest BCUT2D eigenvalue weighted by Gasteiger charge is -2.46. The summed E-state index contributed by atoms with van der Waals surface area (Å²) in [6.45, 7) is 6.10. The highest BCUT2D eigenvalue weighted by atomic mass is 19.1. The molecule has 0 radical (unpaired) electrons. The normalized spacial score (nSPS) is 16.4. The largest absolute Gasteiger partial charge is 0.497 e. The van der Waals surface area contributed by atoms with Gasteiger partial charge in [0.1, 0.15) is 29.0 Å². The minimum atomic E-state index is -1.51. The van der Waals surface area contributed by atoms with Crippen molar-refractivity contribution >= 4 is 17.7 Å². The van der Waals surface area contributed by atoms with Gasteiger partial charge < -0.3 is 19.5 Å². The molecule has 1 heterocycles. The molecule has 4 aromatic rings. The molecule has 0 bridgehead atoms. The number of aliphatic hydroxyl groups excluding tert-OH is 1. The predicted octanol–water partition coefficient (Wildman–Crippen LogP) is 6.60. The number of nitrogens with zero attached hydrogens (tertiary/aromatic N) is 3. The number of carbonyl (C=O) groups is 2. The van der Waals surface area contributed by atoms with Gasteiger partial charge in [0, 0.05) is 44.0 Å². The van der Waals surface area contributed by atoms with Crippen LogP contribution in [-0.4, -0.2) is 70.9 Å². The molecule has 1 saturated heterocycles. The third-order valence-corrected chi connectivity index (χ3v) is 8.44. The van der Waals surface area contributed by atoms with Gasteiger partial charge in [-0.15, -0.1) is 0 Å². The first kappa shape index (κ1) is 35.5. The molecule has 10 heteroatoms. The number of ether oxygens (including phenoxy) is 2. The molecule has 4 aromatic carbocycles. The summed E-state index contributed by atoms with van der Waals surface area (Å²) < 4.78 is 40.1. The van der Waals surface area contributed by atoms with Gasteiger partial charge in [0.15, 0.2) is 0 Å². The number of rotatable bonds is 11. The third-order valence-electron chi connectivity index (χ3n) is 8.44. The summed E-state index contributed by atoms with van der Waals surface area (Å²) in [6, 6.07) is 27.2. The van der Waals surface area contributed by atoms with Crippen molar-refractivity contribution in [1.82, 2.24) is 9.80 Å². The molecule has 0 spiro atoms. The Labute approximate surface area is 286 Å². The van der Waals surface area contributed by atoms with Crippen molar-refractivity contribution < 1.29 is 33.0 Å². The van der Waals surface area contributed by atoms with Crippen molar-refractivity contribution in [2.75, 3.05) is 25.1 Å². The second-order valence-corrected chi connectivity index (χ2v) is 13.2. The van der Waals surface area contributed by atoms with Crippen LogP contribution in [0.3, 0.4) is 0 Å². The van der Waals surface area contributed by atoms with Crippen LogP contribution in [0.5, 0.6) is 5.75 Å². The van der Waals surface area contributed by atoms with E-state index < -0.39 is 47.4 Å². The number of hydrogen-bond acceptors (Lipinski definition) is 6. The average Bonchev–Trinajstić information content (AvgIpc) is 3.06. The van der Waals surface area contributed by atoms with Crippen molar-refractivity contribution in [3.63, 3.8) is 0 Å². The number of anilines is 1. The summed E-state index contributed by atoms with van der Waals surface area (Å²) in [4.78, 5) is 33.1. The van der Waals surface area contributed by atoms with Gasteiger partial charge in [0.25, 0.3) is 5.91 Å². The lowest BCUT2D eigenvalue weighted by molar-refractivity contribution is -0.133. The summed E-state index contributed by atoms with van der Waals surface area (Å²) in [5.74, 6) is -1.41. The van der Waals surface area contributed by atoms with Crippen molar-refractivity contribution in [3.05, 3.63) is 131 Å². The summed E-state index contributed by atoms with van der Waals surface area (Å²) in [7, 11) is 1.55. The van der Waals surface area contributed by atoms with Crippen LogP contribution in [0.4, 0.5) is 19.3 Å². The number of carbonyl (C=O) groups excluding carboxylic acids is 2. The highest BCUT2D eigenvalue weighted by Crippen LogP contribution is 2.30. The number of piperazine rings is 1. The molecule has 3 atom stereocenters. The summed E-state index contributed by atoms with van der Waals surface area (Å²) >= 11 is 0. The Morgan fingerprint density at radius 1 is 0.857 bits per heavy atom. The van der Waals surface area contributed by atoms with Gasteiger partial charge in [-0.1, -0.05) is 60.7 Å². The van der Waals surface area contributed by atoms with Crippen molar-refractivity contribution in [2.24, 2.45) is 0 Å². The molecule has 2 amide bonds. The zero-order valence-electron chi connectivity index (χ0n) is 28.3. The van der Waals surface area contributed by atoms with Gasteiger partial charge in [-0.25, -0.2) is 13.6 Å². The van der Waals surface area contributed by atoms with E-state index in [0.29, 0.717) is 30.1 Å². The summed E-state index contributed by atoms with van der Waals surface area (Å²) in [5.41, 5.74) is 1.86. The monoisotopic (exact) mass is 671 g/mol. The van der Waals surface area contributed by atoms with Crippen LogP contribution >= 0.6 is 0 Å². The second-order valence-electron chi connectivity index (χ2n) is 13.2. The first-order valence-corrected chi connectivity index (χ1v) is 16.3. The number of aliphatic hydroxyl groups is 1. The van der Waals surface area contributed by atoms with Crippen LogP contribution in [0.2, 0.25) is 0 Å². The minimum Gasteiger partial charge on any atom is -0.497 e. The van der Waals surface area contributed by atoms with Gasteiger partial charge in [-0.05, 0) is 80.3 Å². The number of halogens is 2. The predicted molar refractivity (Wildman–Crippen MR) is 184 cm³/mol. The molecule has 258 valence electrons. The van der Waals surface area contributed by atoms with E-state index in [2.05, 4.69) is 0 Å². The molecule has 1 N–H and O–H groups in total. The van der Waals surface area contributed by atoms with E-state index in [9.17, 15) is 23.5 Å². The van der Waals surface area contributed by atoms with Crippen molar-refractivity contribution in [1.29, 1.82) is 0 Å². The quantitative estimate of drug-likeness (QED) is 0.194. The van der Waals surface area contributed by atoms with Gasteiger partial charge >= 0.3 is 6.09 Å². The van der Waals surface area contributed by atoms with Crippen LogP contribution in [0.1, 0.15) is 37.5 Å². The molecule has 0 aromatic heterocycles. The summed E-state index contributed by atoms with van der Waals surface area (Å²) in [6.07, 6.45) is -2.28. The van der Waals surface area contributed by atoms with Gasteiger partial charge in [-0.3, -0.25) is 14.6 Å². The maximum atomic E-state index is 14.6. The summed E-state index contributed by atoms with van der Waals surface area (Å²) in [5, 5.41) is 12.5. The zero-order valence-corrected chi connectivity index (χ0v) is 28.3. The topological polar surface area (TPSA) is 82.6 Å². The third kappa shape index (κ3) is 9.22. The van der Waals surface area contributed by atoms with E-state index in [1.54, 1.807) is 52.1 Å². The fourth-order valence-electron chi connectivity index (χ4n) is 6.20. The van der Waals surface area contributed by atoms with E-state index in [1.165, 1.54) is 21.9 Å². The molecule has 8 nitrogen and oxygen atoms in total. The average molecular weight is 672 g/mol. The minimum absolute atomic E-state index is 0.0238. The maximum absolute atomic E-state index is 14.6. The number of benzene rings is 4. The van der Waals surface area contributed by atoms with Gasteiger partial charge in [-0.2, -0.15) is 0 Å². The Hall–Kier alpha value is -4.80. The standard InChI is InChI=1S/C39H43F2N3O5/c1-39(2,3)49-38(47)44-20-19-43(32-15-17-33(48-4)18-16-32)37(46)35(44)36(45)34(23-29-21-30(40)24-31(41)22-29)42(25-27-11-7-5-8-12-27)26-28-13-9-6-10-14-28/h5-18,21-22,24,34-36,45H,19-20,23,25-26H2,1-4H3/t34?,35-,36?/m0/s1. The molecule has 0 saturated carbocycles. The van der Waals surface area contributed by atoms with Crippen LogP contribution in [0, 0.1) is 11.6 Å². The molecular formula is C39H43F2N3O5. The number of methoxy groups -OCH3 is 1. The van der Waals surface area contributed by atoms with Gasteiger partial charge in [0.2, 0.25) is 0 Å². The van der Waals surface area contributed by atoms with E-state index in [4.69, 9.17) is 9.47 Å².